The lowest BCUT2D eigenvalue weighted by Crippen LogP contribution is -2.35. The van der Waals surface area contributed by atoms with Crippen molar-refractivity contribution in [2.75, 3.05) is 12.0 Å². The van der Waals surface area contributed by atoms with Gasteiger partial charge in [0.2, 0.25) is 0 Å². The number of alkyl halides is 1. The fourth-order valence-electron chi connectivity index (χ4n) is 3.17. The van der Waals surface area contributed by atoms with Crippen LogP contribution in [0.4, 0.5) is 10.1 Å². The SMILES string of the molecule is CCc1cc(Cl)cnc1C(=O)Nc1ccnc([C@]2(C)C[C@@H](CF)SC(N)=N2)c1. The second-order valence-electron chi connectivity index (χ2n) is 6.72. The third kappa shape index (κ3) is 4.44. The van der Waals surface area contributed by atoms with Gasteiger partial charge in [-0.15, -0.1) is 0 Å². The molecule has 0 unspecified atom stereocenters. The summed E-state index contributed by atoms with van der Waals surface area (Å²) in [5, 5.41) is 3.40. The van der Waals surface area contributed by atoms with Crippen LogP contribution in [0.15, 0.2) is 35.6 Å². The van der Waals surface area contributed by atoms with E-state index < -0.39 is 12.2 Å². The van der Waals surface area contributed by atoms with Gasteiger partial charge >= 0.3 is 0 Å². The fraction of sp³-hybridized carbons (Fsp3) is 0.368. The minimum atomic E-state index is -0.750. The number of nitrogens with zero attached hydrogens (tertiary/aromatic N) is 3. The van der Waals surface area contributed by atoms with Crippen molar-refractivity contribution in [2.24, 2.45) is 10.7 Å². The van der Waals surface area contributed by atoms with E-state index in [1.165, 1.54) is 18.0 Å². The first-order chi connectivity index (χ1) is 13.3. The fourth-order valence-corrected chi connectivity index (χ4v) is 4.41. The molecule has 0 aliphatic carbocycles. The molecular weight excluding hydrogens is 401 g/mol. The Morgan fingerprint density at radius 2 is 2.25 bits per heavy atom. The predicted octanol–water partition coefficient (Wildman–Crippen LogP) is 3.95. The van der Waals surface area contributed by atoms with Crippen LogP contribution >= 0.6 is 23.4 Å². The smallest absolute Gasteiger partial charge is 0.274 e. The van der Waals surface area contributed by atoms with Gasteiger partial charge in [-0.1, -0.05) is 30.3 Å². The number of anilines is 1. The minimum Gasteiger partial charge on any atom is -0.379 e. The van der Waals surface area contributed by atoms with Crippen molar-refractivity contribution in [2.45, 2.75) is 37.5 Å². The van der Waals surface area contributed by atoms with Gasteiger partial charge in [-0.25, -0.2) is 14.4 Å². The standard InChI is InChI=1S/C19H21ClFN5OS/c1-3-11-6-12(20)10-24-16(11)17(27)25-13-4-5-23-15(7-13)19(2)8-14(9-21)28-18(22)26-19/h4-7,10,14H,3,8-9H2,1-2H3,(H2,22,26)(H,23,25,27)/t14-,19-/m0/s1. The maximum atomic E-state index is 13.2. The van der Waals surface area contributed by atoms with Crippen LogP contribution in [-0.4, -0.2) is 33.0 Å². The Kier molecular flexibility index (Phi) is 6.20. The molecule has 3 N–H and O–H groups in total. The number of aromatic nitrogens is 2. The highest BCUT2D eigenvalue weighted by Crippen LogP contribution is 2.38. The summed E-state index contributed by atoms with van der Waals surface area (Å²) in [6.45, 7) is 3.31. The summed E-state index contributed by atoms with van der Waals surface area (Å²) in [7, 11) is 0. The Labute approximate surface area is 172 Å². The molecule has 0 radical (unpaired) electrons. The quantitative estimate of drug-likeness (QED) is 0.762. The normalized spacial score (nSPS) is 21.9. The van der Waals surface area contributed by atoms with E-state index in [9.17, 15) is 9.18 Å². The molecule has 9 heteroatoms. The first-order valence-corrected chi connectivity index (χ1v) is 10.1. The Hall–Kier alpha value is -2.19. The van der Waals surface area contributed by atoms with E-state index in [2.05, 4.69) is 20.3 Å². The highest BCUT2D eigenvalue weighted by Gasteiger charge is 2.36. The van der Waals surface area contributed by atoms with Crippen LogP contribution in [0.3, 0.4) is 0 Å². The third-order valence-electron chi connectivity index (χ3n) is 4.54. The first-order valence-electron chi connectivity index (χ1n) is 8.85. The number of halogens is 2. The van der Waals surface area contributed by atoms with Crippen LogP contribution in [0, 0.1) is 0 Å². The van der Waals surface area contributed by atoms with Crippen LogP contribution < -0.4 is 11.1 Å². The van der Waals surface area contributed by atoms with Crippen LogP contribution in [0.2, 0.25) is 5.02 Å². The number of hydrogen-bond acceptors (Lipinski definition) is 6. The number of aryl methyl sites for hydroxylation is 1. The molecule has 1 aliphatic heterocycles. The van der Waals surface area contributed by atoms with Crippen LogP contribution in [-0.2, 0) is 12.0 Å². The molecular formula is C19H21ClFN5OS. The summed E-state index contributed by atoms with van der Waals surface area (Å²) in [5.41, 5.74) is 7.39. The molecule has 2 atom stereocenters. The van der Waals surface area contributed by atoms with E-state index >= 15 is 0 Å². The average molecular weight is 422 g/mol. The summed E-state index contributed by atoms with van der Waals surface area (Å²) in [5.74, 6) is -0.334. The van der Waals surface area contributed by atoms with E-state index in [-0.39, 0.29) is 11.2 Å². The summed E-state index contributed by atoms with van der Waals surface area (Å²) < 4.78 is 13.2. The zero-order chi connectivity index (χ0) is 20.3. The van der Waals surface area contributed by atoms with Gasteiger partial charge in [-0.3, -0.25) is 9.78 Å². The second-order valence-corrected chi connectivity index (χ2v) is 8.48. The molecule has 28 heavy (non-hydrogen) atoms. The van der Waals surface area contributed by atoms with E-state index in [1.54, 1.807) is 24.4 Å². The number of nitrogens with two attached hydrogens (primary N) is 1. The monoisotopic (exact) mass is 421 g/mol. The molecule has 0 saturated heterocycles. The molecule has 0 bridgehead atoms. The maximum Gasteiger partial charge on any atom is 0.274 e. The van der Waals surface area contributed by atoms with E-state index in [1.807, 2.05) is 13.8 Å². The largest absolute Gasteiger partial charge is 0.379 e. The average Bonchev–Trinajstić information content (AvgIpc) is 2.67. The molecule has 2 aromatic heterocycles. The molecule has 6 nitrogen and oxygen atoms in total. The van der Waals surface area contributed by atoms with Gasteiger partial charge in [0.15, 0.2) is 5.17 Å². The summed E-state index contributed by atoms with van der Waals surface area (Å²) in [4.78, 5) is 25.7. The van der Waals surface area contributed by atoms with Gasteiger partial charge in [0.1, 0.15) is 17.9 Å². The van der Waals surface area contributed by atoms with Crippen molar-refractivity contribution in [3.63, 3.8) is 0 Å². The minimum absolute atomic E-state index is 0.270. The summed E-state index contributed by atoms with van der Waals surface area (Å²) >= 11 is 7.20. The number of nitrogens with one attached hydrogen (secondary N) is 1. The number of amides is 1. The molecule has 0 spiro atoms. The van der Waals surface area contributed by atoms with E-state index in [0.717, 1.165) is 5.56 Å². The zero-order valence-electron chi connectivity index (χ0n) is 15.6. The molecule has 1 aliphatic rings. The highest BCUT2D eigenvalue weighted by molar-refractivity contribution is 8.14. The van der Waals surface area contributed by atoms with Gasteiger partial charge < -0.3 is 11.1 Å². The van der Waals surface area contributed by atoms with Gasteiger partial charge in [0.25, 0.3) is 5.91 Å². The van der Waals surface area contributed by atoms with Crippen molar-refractivity contribution in [3.05, 3.63) is 52.6 Å². The molecule has 0 aromatic carbocycles. The number of carbonyl (C=O) groups excluding carboxylic acids is 1. The Morgan fingerprint density at radius 3 is 2.96 bits per heavy atom. The molecule has 1 amide bonds. The van der Waals surface area contributed by atoms with Gasteiger partial charge in [-0.2, -0.15) is 0 Å². The predicted molar refractivity (Wildman–Crippen MR) is 112 cm³/mol. The second kappa shape index (κ2) is 8.45. The van der Waals surface area contributed by atoms with E-state index in [0.29, 0.717) is 40.1 Å². The van der Waals surface area contributed by atoms with Crippen LogP contribution in [0.25, 0.3) is 0 Å². The summed E-state index contributed by atoms with van der Waals surface area (Å²) in [6, 6.07) is 5.15. The first kappa shape index (κ1) is 20.5. The third-order valence-corrected chi connectivity index (χ3v) is 5.71. The number of aliphatic imine (C=N–C) groups is 1. The number of hydrogen-bond donors (Lipinski definition) is 2. The molecule has 0 fully saturated rings. The lowest BCUT2D eigenvalue weighted by atomic mass is 9.91. The Bertz CT molecular complexity index is 925. The van der Waals surface area contributed by atoms with Crippen molar-refractivity contribution in [1.82, 2.24) is 9.97 Å². The van der Waals surface area contributed by atoms with Crippen molar-refractivity contribution in [3.8, 4) is 0 Å². The molecule has 3 heterocycles. The number of rotatable bonds is 5. The number of pyridine rings is 2. The van der Waals surface area contributed by atoms with Crippen molar-refractivity contribution >= 4 is 40.1 Å². The molecule has 148 valence electrons. The maximum absolute atomic E-state index is 13.2. The number of amidine groups is 1. The molecule has 2 aromatic rings. The van der Waals surface area contributed by atoms with Crippen molar-refractivity contribution < 1.29 is 9.18 Å². The summed E-state index contributed by atoms with van der Waals surface area (Å²) in [6.07, 6.45) is 4.14. The Morgan fingerprint density at radius 1 is 1.46 bits per heavy atom. The van der Waals surface area contributed by atoms with E-state index in [4.69, 9.17) is 17.3 Å². The Balaban J connectivity index is 1.86. The van der Waals surface area contributed by atoms with Gasteiger partial charge in [0.05, 0.1) is 10.7 Å². The lowest BCUT2D eigenvalue weighted by Gasteiger charge is -2.32. The number of carbonyl (C=O) groups is 1. The van der Waals surface area contributed by atoms with Gasteiger partial charge in [-0.05, 0) is 43.5 Å². The lowest BCUT2D eigenvalue weighted by molar-refractivity contribution is 0.102. The number of thioether (sulfide) groups is 1. The highest BCUT2D eigenvalue weighted by atomic mass is 35.5. The zero-order valence-corrected chi connectivity index (χ0v) is 17.1. The van der Waals surface area contributed by atoms with Gasteiger partial charge in [0, 0.05) is 23.3 Å². The molecule has 3 rings (SSSR count). The topological polar surface area (TPSA) is 93.3 Å². The molecule has 0 saturated carbocycles. The van der Waals surface area contributed by atoms with Crippen LogP contribution in [0.1, 0.15) is 42.0 Å². The van der Waals surface area contributed by atoms with Crippen molar-refractivity contribution in [1.29, 1.82) is 0 Å². The van der Waals surface area contributed by atoms with Crippen LogP contribution in [0.5, 0.6) is 0 Å².